The molecule has 126 valence electrons. The van der Waals surface area contributed by atoms with E-state index in [4.69, 9.17) is 4.74 Å². The highest BCUT2D eigenvalue weighted by atomic mass is 16.5. The number of nitrogens with zero attached hydrogens (tertiary/aromatic N) is 3. The van der Waals surface area contributed by atoms with Gasteiger partial charge in [-0.2, -0.15) is 9.50 Å². The Morgan fingerprint density at radius 3 is 3.04 bits per heavy atom. The van der Waals surface area contributed by atoms with Crippen molar-refractivity contribution in [3.63, 3.8) is 0 Å². The van der Waals surface area contributed by atoms with Crippen LogP contribution in [0.15, 0.2) is 53.4 Å². The van der Waals surface area contributed by atoms with E-state index in [1.54, 1.807) is 7.11 Å². The van der Waals surface area contributed by atoms with Crippen molar-refractivity contribution in [2.75, 3.05) is 12.4 Å². The number of hydrogen-bond acceptors (Lipinski definition) is 5. The third-order valence-corrected chi connectivity index (χ3v) is 4.00. The van der Waals surface area contributed by atoms with Crippen LogP contribution in [0.3, 0.4) is 0 Å². The fourth-order valence-corrected chi connectivity index (χ4v) is 2.71. The molecule has 0 radical (unpaired) electrons. The first-order chi connectivity index (χ1) is 12.2. The van der Waals surface area contributed by atoms with Gasteiger partial charge in [-0.15, -0.1) is 0 Å². The second kappa shape index (κ2) is 6.27. The molecule has 7 heteroatoms. The first kappa shape index (κ1) is 15.2. The maximum atomic E-state index is 12.3. The summed E-state index contributed by atoms with van der Waals surface area (Å²) in [5.74, 6) is 1.81. The highest BCUT2D eigenvalue weighted by Crippen LogP contribution is 2.20. The van der Waals surface area contributed by atoms with Crippen LogP contribution in [0.4, 0.5) is 5.69 Å². The van der Waals surface area contributed by atoms with E-state index in [1.807, 2.05) is 42.5 Å². The molecule has 0 aliphatic heterocycles. The Balaban J connectivity index is 1.58. The van der Waals surface area contributed by atoms with Gasteiger partial charge in [0.2, 0.25) is 0 Å². The summed E-state index contributed by atoms with van der Waals surface area (Å²) in [5, 5.41) is 6.25. The molecule has 0 fully saturated rings. The Morgan fingerprint density at radius 1 is 1.32 bits per heavy atom. The van der Waals surface area contributed by atoms with Crippen LogP contribution < -0.4 is 15.6 Å². The van der Waals surface area contributed by atoms with Crippen molar-refractivity contribution in [1.82, 2.24) is 19.6 Å². The number of benzene rings is 1. The highest BCUT2D eigenvalue weighted by Gasteiger charge is 2.12. The first-order valence-electron chi connectivity index (χ1n) is 7.95. The van der Waals surface area contributed by atoms with Gasteiger partial charge >= 0.3 is 0 Å². The molecule has 1 aliphatic rings. The molecule has 0 saturated carbocycles. The molecule has 7 nitrogen and oxygen atoms in total. The van der Waals surface area contributed by atoms with Crippen molar-refractivity contribution in [3.8, 4) is 5.75 Å². The van der Waals surface area contributed by atoms with Crippen LogP contribution in [-0.4, -0.2) is 26.7 Å². The topological polar surface area (TPSA) is 84.3 Å². The monoisotopic (exact) mass is 335 g/mol. The lowest BCUT2D eigenvalue weighted by Gasteiger charge is -2.07. The molecule has 3 aromatic rings. The van der Waals surface area contributed by atoms with Crippen LogP contribution in [0, 0.1) is 0 Å². The molecule has 2 N–H and O–H groups in total. The second-order valence-corrected chi connectivity index (χ2v) is 5.70. The minimum absolute atomic E-state index is 0.183. The van der Waals surface area contributed by atoms with Gasteiger partial charge in [0.15, 0.2) is 5.82 Å². The van der Waals surface area contributed by atoms with E-state index < -0.39 is 0 Å². The van der Waals surface area contributed by atoms with Crippen LogP contribution >= 0.6 is 0 Å². The maximum absolute atomic E-state index is 12.3. The number of nitrogens with one attached hydrogen (secondary N) is 2. The molecular formula is C18H17N5O2. The summed E-state index contributed by atoms with van der Waals surface area (Å²) in [6.45, 7) is 0.422. The molecule has 0 amide bonds. The van der Waals surface area contributed by atoms with Gasteiger partial charge in [-0.25, -0.2) is 4.98 Å². The molecule has 0 bridgehead atoms. The zero-order valence-electron chi connectivity index (χ0n) is 13.7. The molecule has 0 saturated heterocycles. The average Bonchev–Trinajstić information content (AvgIpc) is 3.29. The average molecular weight is 335 g/mol. The quantitative estimate of drug-likeness (QED) is 0.748. The zero-order valence-corrected chi connectivity index (χ0v) is 13.7. The summed E-state index contributed by atoms with van der Waals surface area (Å²) in [7, 11) is 1.62. The Kier molecular flexibility index (Phi) is 3.81. The number of hydrogen-bond donors (Lipinski definition) is 2. The van der Waals surface area contributed by atoms with Crippen LogP contribution in [0.25, 0.3) is 11.4 Å². The van der Waals surface area contributed by atoms with E-state index in [2.05, 4.69) is 20.4 Å². The van der Waals surface area contributed by atoms with Crippen molar-refractivity contribution >= 4 is 17.0 Å². The van der Waals surface area contributed by atoms with Gasteiger partial charge in [0, 0.05) is 23.4 Å². The van der Waals surface area contributed by atoms with E-state index in [9.17, 15) is 4.79 Å². The lowest BCUT2D eigenvalue weighted by molar-refractivity contribution is 0.415. The minimum Gasteiger partial charge on any atom is -0.497 e. The van der Waals surface area contributed by atoms with Crippen LogP contribution in [0.5, 0.6) is 5.75 Å². The van der Waals surface area contributed by atoms with Gasteiger partial charge < -0.3 is 10.1 Å². The minimum atomic E-state index is -0.183. The van der Waals surface area contributed by atoms with Gasteiger partial charge in [0.1, 0.15) is 5.75 Å². The Labute approximate surface area is 143 Å². The normalized spacial score (nSPS) is 13.2. The SMILES string of the molecule is COc1cccc(NCc2cc(=O)n3[nH]c(C4=CC=CC4)nc3n2)c1. The van der Waals surface area contributed by atoms with Crippen molar-refractivity contribution in [2.24, 2.45) is 0 Å². The Bertz CT molecular complexity index is 1050. The smallest absolute Gasteiger partial charge is 0.274 e. The predicted octanol–water partition coefficient (Wildman–Crippen LogP) is 2.38. The molecule has 1 aromatic carbocycles. The highest BCUT2D eigenvalue weighted by molar-refractivity contribution is 5.66. The van der Waals surface area contributed by atoms with E-state index in [0.717, 1.165) is 23.4 Å². The predicted molar refractivity (Wildman–Crippen MR) is 95.7 cm³/mol. The lowest BCUT2D eigenvalue weighted by atomic mass is 10.2. The van der Waals surface area contributed by atoms with Gasteiger partial charge in [0.25, 0.3) is 11.3 Å². The Morgan fingerprint density at radius 2 is 2.24 bits per heavy atom. The summed E-state index contributed by atoms with van der Waals surface area (Å²) >= 11 is 0. The summed E-state index contributed by atoms with van der Waals surface area (Å²) in [6.07, 6.45) is 6.80. The number of aromatic amines is 1. The number of rotatable bonds is 5. The van der Waals surface area contributed by atoms with E-state index in [1.165, 1.54) is 10.6 Å². The first-order valence-corrected chi connectivity index (χ1v) is 7.95. The number of methoxy groups -OCH3 is 1. The third-order valence-electron chi connectivity index (χ3n) is 4.00. The molecule has 1 aliphatic carbocycles. The third kappa shape index (κ3) is 3.03. The summed E-state index contributed by atoms with van der Waals surface area (Å²) in [4.78, 5) is 21.2. The molecule has 25 heavy (non-hydrogen) atoms. The van der Waals surface area contributed by atoms with Gasteiger partial charge in [-0.1, -0.05) is 24.3 Å². The van der Waals surface area contributed by atoms with Crippen molar-refractivity contribution in [2.45, 2.75) is 13.0 Å². The molecule has 2 aromatic heterocycles. The second-order valence-electron chi connectivity index (χ2n) is 5.70. The number of H-pyrrole nitrogens is 1. The fraction of sp³-hybridized carbons (Fsp3) is 0.167. The van der Waals surface area contributed by atoms with E-state index >= 15 is 0 Å². The van der Waals surface area contributed by atoms with Crippen molar-refractivity contribution in [3.05, 3.63) is 70.4 Å². The maximum Gasteiger partial charge on any atom is 0.274 e. The number of ether oxygens (including phenoxy) is 1. The van der Waals surface area contributed by atoms with Gasteiger partial charge in [0.05, 0.1) is 19.3 Å². The summed E-state index contributed by atoms with van der Waals surface area (Å²) < 4.78 is 6.57. The number of anilines is 1. The molecule has 0 unspecified atom stereocenters. The van der Waals surface area contributed by atoms with Crippen molar-refractivity contribution < 1.29 is 4.74 Å². The zero-order chi connectivity index (χ0) is 17.2. The molecule has 4 rings (SSSR count). The van der Waals surface area contributed by atoms with Crippen LogP contribution in [0.1, 0.15) is 17.9 Å². The van der Waals surface area contributed by atoms with E-state index in [0.29, 0.717) is 23.8 Å². The van der Waals surface area contributed by atoms with Crippen molar-refractivity contribution in [1.29, 1.82) is 0 Å². The lowest BCUT2D eigenvalue weighted by Crippen LogP contribution is -2.17. The number of allylic oxidation sites excluding steroid dienone is 4. The van der Waals surface area contributed by atoms with Crippen LogP contribution in [-0.2, 0) is 6.54 Å². The largest absolute Gasteiger partial charge is 0.497 e. The fourth-order valence-electron chi connectivity index (χ4n) is 2.71. The number of fused-ring (bicyclic) bond motifs is 1. The molecule has 2 heterocycles. The standard InChI is InChI=1S/C18H17N5O2/c1-25-15-8-4-7-13(9-15)19-11-14-10-16(24)23-18(20-14)21-17(22-23)12-5-2-3-6-12/h2-5,7-10,19H,6,11H2,1H3,(H,20,21,22). The van der Waals surface area contributed by atoms with Crippen LogP contribution in [0.2, 0.25) is 0 Å². The Hall–Kier alpha value is -3.35. The summed E-state index contributed by atoms with van der Waals surface area (Å²) in [6, 6.07) is 9.09. The van der Waals surface area contributed by atoms with Gasteiger partial charge in [-0.05, 0) is 18.6 Å². The molecule has 0 atom stereocenters. The number of aromatic nitrogens is 4. The molecular weight excluding hydrogens is 318 g/mol. The van der Waals surface area contributed by atoms with Gasteiger partial charge in [-0.3, -0.25) is 9.89 Å². The molecule has 0 spiro atoms. The summed E-state index contributed by atoms with van der Waals surface area (Å²) in [5.41, 5.74) is 2.38. The van der Waals surface area contributed by atoms with E-state index in [-0.39, 0.29) is 5.56 Å².